The Labute approximate surface area is 504 Å². The van der Waals surface area contributed by atoms with Gasteiger partial charge in [-0.2, -0.15) is 0 Å². The normalized spacial score (nSPS) is 12.4. The molecule has 81 heavy (non-hydrogen) atoms. The highest BCUT2D eigenvalue weighted by Crippen LogP contribution is 2.19. The highest BCUT2D eigenvalue weighted by Gasteiger charge is 2.19. The number of hydrogen-bond acceptors (Lipinski definition) is 6. The lowest BCUT2D eigenvalue weighted by molar-refractivity contribution is -0.166. The summed E-state index contributed by atoms with van der Waals surface area (Å²) in [5.41, 5.74) is 0. The second-order valence-electron chi connectivity index (χ2n) is 24.1. The largest absolute Gasteiger partial charge is 0.462 e. The molecule has 0 aliphatic heterocycles. The third-order valence-corrected chi connectivity index (χ3v) is 16.0. The van der Waals surface area contributed by atoms with E-state index in [1.54, 1.807) is 0 Å². The van der Waals surface area contributed by atoms with Crippen LogP contribution in [0.15, 0.2) is 60.8 Å². The van der Waals surface area contributed by atoms with Gasteiger partial charge in [-0.15, -0.1) is 0 Å². The number of allylic oxidation sites excluding steroid dienone is 10. The van der Waals surface area contributed by atoms with E-state index < -0.39 is 6.10 Å². The Balaban J connectivity index is 4.25. The predicted octanol–water partition coefficient (Wildman–Crippen LogP) is 24.7. The van der Waals surface area contributed by atoms with Gasteiger partial charge >= 0.3 is 17.9 Å². The minimum absolute atomic E-state index is 0.0923. The fourth-order valence-corrected chi connectivity index (χ4v) is 10.7. The number of rotatable bonds is 66. The Hall–Kier alpha value is -2.89. The Kier molecular flexibility index (Phi) is 67.1. The molecule has 1 atom stereocenters. The molecule has 0 heterocycles. The first kappa shape index (κ1) is 78.1. The van der Waals surface area contributed by atoms with Gasteiger partial charge in [-0.25, -0.2) is 0 Å². The maximum Gasteiger partial charge on any atom is 0.306 e. The molecule has 0 spiro atoms. The predicted molar refractivity (Wildman–Crippen MR) is 353 cm³/mol. The lowest BCUT2D eigenvalue weighted by Crippen LogP contribution is -2.30. The minimum atomic E-state index is -0.802. The second kappa shape index (κ2) is 69.6. The van der Waals surface area contributed by atoms with E-state index in [9.17, 15) is 14.4 Å². The Morgan fingerprint density at radius 3 is 0.827 bits per heavy atom. The van der Waals surface area contributed by atoms with E-state index in [2.05, 4.69) is 75.5 Å². The summed E-state index contributed by atoms with van der Waals surface area (Å²) in [4.78, 5) is 38.4. The van der Waals surface area contributed by atoms with E-state index in [-0.39, 0.29) is 37.5 Å². The molecule has 0 aromatic carbocycles. The number of hydrogen-bond donors (Lipinski definition) is 0. The van der Waals surface area contributed by atoms with Crippen molar-refractivity contribution in [1.82, 2.24) is 0 Å². The summed E-state index contributed by atoms with van der Waals surface area (Å²) >= 11 is 0. The van der Waals surface area contributed by atoms with Crippen LogP contribution in [0.2, 0.25) is 0 Å². The number of ether oxygens (including phenoxy) is 3. The molecule has 0 saturated heterocycles. The number of unbranched alkanes of at least 4 members (excludes halogenated alkanes) is 45. The van der Waals surface area contributed by atoms with Gasteiger partial charge in [0.25, 0.3) is 0 Å². The lowest BCUT2D eigenvalue weighted by Gasteiger charge is -2.18. The maximum atomic E-state index is 13.0. The van der Waals surface area contributed by atoms with Gasteiger partial charge in [0.15, 0.2) is 6.10 Å². The molecule has 0 amide bonds. The van der Waals surface area contributed by atoms with Crippen molar-refractivity contribution in [2.24, 2.45) is 0 Å². The van der Waals surface area contributed by atoms with Crippen LogP contribution < -0.4 is 0 Å². The van der Waals surface area contributed by atoms with Crippen molar-refractivity contribution < 1.29 is 28.6 Å². The summed E-state index contributed by atoms with van der Waals surface area (Å²) in [5, 5.41) is 0. The van der Waals surface area contributed by atoms with E-state index in [4.69, 9.17) is 14.2 Å². The molecular weight excluding hydrogens is 997 g/mol. The summed E-state index contributed by atoms with van der Waals surface area (Å²) in [6, 6.07) is 0. The van der Waals surface area contributed by atoms with Crippen LogP contribution >= 0.6 is 0 Å². The van der Waals surface area contributed by atoms with Crippen molar-refractivity contribution >= 4 is 17.9 Å². The summed E-state index contributed by atoms with van der Waals surface area (Å²) in [5.74, 6) is -0.954. The van der Waals surface area contributed by atoms with Crippen LogP contribution in [0.1, 0.15) is 380 Å². The second-order valence-corrected chi connectivity index (χ2v) is 24.1. The lowest BCUT2D eigenvalue weighted by atomic mass is 10.0. The van der Waals surface area contributed by atoms with E-state index in [1.807, 2.05) is 6.08 Å². The van der Waals surface area contributed by atoms with E-state index in [0.717, 1.165) is 64.2 Å². The zero-order valence-corrected chi connectivity index (χ0v) is 54.3. The van der Waals surface area contributed by atoms with Crippen molar-refractivity contribution in [1.29, 1.82) is 0 Å². The molecule has 6 nitrogen and oxygen atoms in total. The van der Waals surface area contributed by atoms with Crippen molar-refractivity contribution in [3.8, 4) is 0 Å². The maximum absolute atomic E-state index is 13.0. The molecule has 1 unspecified atom stereocenters. The average molecular weight is 1130 g/mol. The number of esters is 3. The fourth-order valence-electron chi connectivity index (χ4n) is 10.7. The molecule has 0 aliphatic rings. The van der Waals surface area contributed by atoms with Crippen LogP contribution in [0.3, 0.4) is 0 Å². The molecule has 472 valence electrons. The van der Waals surface area contributed by atoms with Crippen molar-refractivity contribution in [3.05, 3.63) is 60.8 Å². The molecule has 6 heteroatoms. The van der Waals surface area contributed by atoms with Crippen molar-refractivity contribution in [3.63, 3.8) is 0 Å². The van der Waals surface area contributed by atoms with Gasteiger partial charge in [-0.3, -0.25) is 14.4 Å². The van der Waals surface area contributed by atoms with E-state index >= 15 is 0 Å². The van der Waals surface area contributed by atoms with E-state index in [0.29, 0.717) is 19.3 Å². The minimum Gasteiger partial charge on any atom is -0.462 e. The first-order chi connectivity index (χ1) is 40.0. The molecule has 0 saturated carbocycles. The molecule has 0 aromatic rings. The zero-order chi connectivity index (χ0) is 58.5. The third kappa shape index (κ3) is 67.8. The molecule has 0 rings (SSSR count). The fraction of sp³-hybridized carbons (Fsp3) is 0.827. The molecule has 0 aromatic heterocycles. The highest BCUT2D eigenvalue weighted by atomic mass is 16.6. The van der Waals surface area contributed by atoms with Gasteiger partial charge in [0.2, 0.25) is 0 Å². The van der Waals surface area contributed by atoms with Gasteiger partial charge in [0.1, 0.15) is 13.2 Å². The van der Waals surface area contributed by atoms with Crippen LogP contribution in [0.5, 0.6) is 0 Å². The SMILES string of the molecule is CC/C=C\C/C=C\C/C=C\C/C=C\CCC(=O)OCC(COC(=O)CCCCCCCCCCCCCCC/C=C\CCCCCCCCCC)OC(=O)CCCCCCCCCCCCCCCCCCCCCCCCCCC. The van der Waals surface area contributed by atoms with Gasteiger partial charge in [-0.05, 0) is 70.6 Å². The van der Waals surface area contributed by atoms with Crippen LogP contribution in [0.25, 0.3) is 0 Å². The monoisotopic (exact) mass is 1130 g/mol. The molecule has 0 radical (unpaired) electrons. The summed E-state index contributed by atoms with van der Waals surface area (Å²) in [6.45, 7) is 6.53. The summed E-state index contributed by atoms with van der Waals surface area (Å²) in [7, 11) is 0. The van der Waals surface area contributed by atoms with Crippen LogP contribution in [-0.4, -0.2) is 37.2 Å². The summed E-state index contributed by atoms with van der Waals surface area (Å²) in [6.07, 6.45) is 90.0. The highest BCUT2D eigenvalue weighted by molar-refractivity contribution is 5.71. The summed E-state index contributed by atoms with van der Waals surface area (Å²) < 4.78 is 16.9. The smallest absolute Gasteiger partial charge is 0.306 e. The molecule has 0 fully saturated rings. The Morgan fingerprint density at radius 2 is 0.506 bits per heavy atom. The van der Waals surface area contributed by atoms with Gasteiger partial charge in [0, 0.05) is 19.3 Å². The molecular formula is C75H136O6. The Morgan fingerprint density at radius 1 is 0.259 bits per heavy atom. The number of carbonyl (C=O) groups is 3. The average Bonchev–Trinajstić information content (AvgIpc) is 3.46. The van der Waals surface area contributed by atoms with Crippen molar-refractivity contribution in [2.45, 2.75) is 386 Å². The zero-order valence-electron chi connectivity index (χ0n) is 54.3. The van der Waals surface area contributed by atoms with Crippen LogP contribution in [0.4, 0.5) is 0 Å². The first-order valence-corrected chi connectivity index (χ1v) is 35.8. The third-order valence-electron chi connectivity index (χ3n) is 16.0. The van der Waals surface area contributed by atoms with Gasteiger partial charge in [-0.1, -0.05) is 351 Å². The van der Waals surface area contributed by atoms with Gasteiger partial charge < -0.3 is 14.2 Å². The quantitative estimate of drug-likeness (QED) is 0.0261. The van der Waals surface area contributed by atoms with Crippen LogP contribution in [-0.2, 0) is 28.6 Å². The number of carbonyl (C=O) groups excluding carboxylic acids is 3. The first-order valence-electron chi connectivity index (χ1n) is 35.8. The standard InChI is InChI=1S/C75H136O6/c1-4-7-10-13-16-19-22-25-27-29-31-33-35-37-39-41-43-45-47-50-53-56-59-62-65-68-74(77)80-71-72(70-79-73(76)67-64-61-58-55-52-49-24-21-18-15-12-9-6-3)81-75(78)69-66-63-60-57-54-51-48-46-44-42-40-38-36-34-32-30-28-26-23-20-17-14-11-8-5-2/h9,12,18,21,29,31,49,52,58,61,72H,4-8,10-11,13-17,19-20,22-28,30,32-48,50-51,53-57,59-60,62-71H2,1-3H3/b12-9-,21-18-,31-29-,52-49-,61-58-. The molecule has 0 bridgehead atoms. The molecule has 0 aliphatic carbocycles. The molecule has 0 N–H and O–H groups in total. The Bertz CT molecular complexity index is 1440. The van der Waals surface area contributed by atoms with Gasteiger partial charge in [0.05, 0.1) is 0 Å². The topological polar surface area (TPSA) is 78.9 Å². The van der Waals surface area contributed by atoms with Crippen molar-refractivity contribution in [2.75, 3.05) is 13.2 Å². The van der Waals surface area contributed by atoms with Crippen LogP contribution in [0, 0.1) is 0 Å². The van der Waals surface area contributed by atoms with E-state index in [1.165, 1.54) is 270 Å².